The lowest BCUT2D eigenvalue weighted by molar-refractivity contribution is -0.121. The molecule has 0 saturated carbocycles. The number of carbonyl (C=O) groups excluding carboxylic acids is 1. The van der Waals surface area contributed by atoms with Crippen molar-refractivity contribution in [3.8, 4) is 0 Å². The molecule has 2 rings (SSSR count). The first-order valence-electron chi connectivity index (χ1n) is 5.47. The summed E-state index contributed by atoms with van der Waals surface area (Å²) in [4.78, 5) is 14.5. The number of rotatable bonds is 4. The molecule has 1 nitrogen and oxygen atoms in total. The monoisotopic (exact) mass is 240 g/mol. The molecular weight excluding hydrogens is 224 g/mol. The van der Waals surface area contributed by atoms with Gasteiger partial charge in [0.2, 0.25) is 0 Å². The normalized spacial score (nSPS) is 20.7. The first-order valence-corrected chi connectivity index (χ1v) is 7.44. The van der Waals surface area contributed by atoms with Crippen molar-refractivity contribution in [3.63, 3.8) is 0 Å². The van der Waals surface area contributed by atoms with Crippen LogP contribution in [-0.4, -0.2) is 17.3 Å². The van der Waals surface area contributed by atoms with E-state index < -0.39 is 0 Å². The predicted molar refractivity (Wildman–Crippen MR) is 67.8 cm³/mol. The molecule has 2 heterocycles. The number of thiophene rings is 1. The Labute approximate surface area is 99.3 Å². The van der Waals surface area contributed by atoms with E-state index in [1.807, 2.05) is 11.8 Å². The lowest BCUT2D eigenvalue weighted by atomic mass is 10.0. The van der Waals surface area contributed by atoms with E-state index in [0.717, 1.165) is 18.6 Å². The summed E-state index contributed by atoms with van der Waals surface area (Å²) in [5, 5.41) is 0. The van der Waals surface area contributed by atoms with Crippen molar-refractivity contribution in [3.05, 3.63) is 21.9 Å². The minimum Gasteiger partial charge on any atom is -0.299 e. The smallest absolute Gasteiger partial charge is 0.142 e. The van der Waals surface area contributed by atoms with Gasteiger partial charge in [-0.25, -0.2) is 0 Å². The van der Waals surface area contributed by atoms with Crippen molar-refractivity contribution < 1.29 is 4.79 Å². The van der Waals surface area contributed by atoms with Crippen LogP contribution >= 0.6 is 23.1 Å². The standard InChI is InChI=1S/C12H16OS2/c1-2-10-3-4-11(15-10)7-12(13)9-5-6-14-8-9/h3-4,9H,2,5-8H2,1H3. The maximum Gasteiger partial charge on any atom is 0.142 e. The van der Waals surface area contributed by atoms with Crippen molar-refractivity contribution >= 4 is 28.9 Å². The molecule has 1 atom stereocenters. The third kappa shape index (κ3) is 2.85. The molecule has 15 heavy (non-hydrogen) atoms. The predicted octanol–water partition coefficient (Wildman–Crippen LogP) is 3.18. The Hall–Kier alpha value is -0.280. The Balaban J connectivity index is 1.92. The summed E-state index contributed by atoms with van der Waals surface area (Å²) in [6, 6.07) is 4.26. The number of carbonyl (C=O) groups is 1. The van der Waals surface area contributed by atoms with Crippen LogP contribution in [0.4, 0.5) is 0 Å². The average Bonchev–Trinajstić information content (AvgIpc) is 2.87. The molecule has 0 amide bonds. The largest absolute Gasteiger partial charge is 0.299 e. The molecule has 0 aliphatic carbocycles. The highest BCUT2D eigenvalue weighted by Gasteiger charge is 2.23. The van der Waals surface area contributed by atoms with Gasteiger partial charge in [-0.15, -0.1) is 11.3 Å². The van der Waals surface area contributed by atoms with E-state index in [0.29, 0.717) is 18.1 Å². The molecule has 0 spiro atoms. The second-order valence-corrected chi connectivity index (χ2v) is 6.33. The zero-order valence-corrected chi connectivity index (χ0v) is 10.6. The summed E-state index contributed by atoms with van der Waals surface area (Å²) < 4.78 is 0. The van der Waals surface area contributed by atoms with Gasteiger partial charge in [-0.1, -0.05) is 6.92 Å². The first-order chi connectivity index (χ1) is 7.29. The van der Waals surface area contributed by atoms with Gasteiger partial charge in [0.25, 0.3) is 0 Å². The van der Waals surface area contributed by atoms with Crippen LogP contribution in [0.1, 0.15) is 23.1 Å². The summed E-state index contributed by atoms with van der Waals surface area (Å²) in [5.41, 5.74) is 0. The highest BCUT2D eigenvalue weighted by atomic mass is 32.2. The molecule has 0 aromatic carbocycles. The zero-order valence-electron chi connectivity index (χ0n) is 8.99. The van der Waals surface area contributed by atoms with Crippen LogP contribution in [0.25, 0.3) is 0 Å². The van der Waals surface area contributed by atoms with E-state index in [1.54, 1.807) is 11.3 Å². The van der Waals surface area contributed by atoms with Crippen molar-refractivity contribution in [1.82, 2.24) is 0 Å². The van der Waals surface area contributed by atoms with Crippen LogP contribution in [0.3, 0.4) is 0 Å². The lowest BCUT2D eigenvalue weighted by Crippen LogP contribution is -2.15. The molecule has 1 aromatic heterocycles. The van der Waals surface area contributed by atoms with E-state index in [1.165, 1.54) is 15.5 Å². The molecular formula is C12H16OS2. The Morgan fingerprint density at radius 1 is 1.47 bits per heavy atom. The Morgan fingerprint density at radius 2 is 2.27 bits per heavy atom. The molecule has 0 radical (unpaired) electrons. The van der Waals surface area contributed by atoms with Gasteiger partial charge in [-0.05, 0) is 30.7 Å². The highest BCUT2D eigenvalue weighted by Crippen LogP contribution is 2.26. The lowest BCUT2D eigenvalue weighted by Gasteiger charge is -2.04. The Morgan fingerprint density at radius 3 is 2.87 bits per heavy atom. The van der Waals surface area contributed by atoms with Gasteiger partial charge in [0.15, 0.2) is 0 Å². The fourth-order valence-electron chi connectivity index (χ4n) is 1.81. The van der Waals surface area contributed by atoms with Gasteiger partial charge in [0.1, 0.15) is 5.78 Å². The Bertz CT molecular complexity index is 337. The number of thioether (sulfide) groups is 1. The minimum atomic E-state index is 0.335. The fraction of sp³-hybridized carbons (Fsp3) is 0.583. The van der Waals surface area contributed by atoms with E-state index >= 15 is 0 Å². The molecule has 3 heteroatoms. The molecule has 1 aliphatic heterocycles. The van der Waals surface area contributed by atoms with E-state index in [2.05, 4.69) is 19.1 Å². The van der Waals surface area contributed by atoms with E-state index in [-0.39, 0.29) is 0 Å². The Kier molecular flexibility index (Phi) is 3.87. The minimum absolute atomic E-state index is 0.335. The third-order valence-corrected chi connectivity index (χ3v) is 5.19. The number of hydrogen-bond acceptors (Lipinski definition) is 3. The van der Waals surface area contributed by atoms with Gasteiger partial charge >= 0.3 is 0 Å². The van der Waals surface area contributed by atoms with E-state index in [9.17, 15) is 4.79 Å². The van der Waals surface area contributed by atoms with Crippen LogP contribution in [0.15, 0.2) is 12.1 Å². The maximum absolute atomic E-state index is 11.9. The van der Waals surface area contributed by atoms with Crippen molar-refractivity contribution in [2.45, 2.75) is 26.2 Å². The van der Waals surface area contributed by atoms with Gasteiger partial charge in [0.05, 0.1) is 0 Å². The zero-order chi connectivity index (χ0) is 10.7. The second-order valence-electron chi connectivity index (χ2n) is 3.93. The van der Waals surface area contributed by atoms with Crippen LogP contribution in [0.2, 0.25) is 0 Å². The summed E-state index contributed by atoms with van der Waals surface area (Å²) in [7, 11) is 0. The maximum atomic E-state index is 11.9. The number of hydrogen-bond donors (Lipinski definition) is 0. The van der Waals surface area contributed by atoms with Gasteiger partial charge in [0, 0.05) is 27.8 Å². The topological polar surface area (TPSA) is 17.1 Å². The van der Waals surface area contributed by atoms with Crippen molar-refractivity contribution in [1.29, 1.82) is 0 Å². The van der Waals surface area contributed by atoms with Crippen molar-refractivity contribution in [2.75, 3.05) is 11.5 Å². The summed E-state index contributed by atoms with van der Waals surface area (Å²) in [6.07, 6.45) is 2.84. The van der Waals surface area contributed by atoms with Crippen LogP contribution in [-0.2, 0) is 17.6 Å². The molecule has 0 bridgehead atoms. The van der Waals surface area contributed by atoms with Crippen LogP contribution in [0.5, 0.6) is 0 Å². The third-order valence-electron chi connectivity index (χ3n) is 2.80. The number of ketones is 1. The summed E-state index contributed by atoms with van der Waals surface area (Å²) in [6.45, 7) is 2.16. The molecule has 82 valence electrons. The molecule has 1 aromatic rings. The van der Waals surface area contributed by atoms with Crippen molar-refractivity contribution in [2.24, 2.45) is 5.92 Å². The molecule has 1 unspecified atom stereocenters. The average molecular weight is 240 g/mol. The summed E-state index contributed by atoms with van der Waals surface area (Å²) >= 11 is 3.71. The van der Waals surface area contributed by atoms with Gasteiger partial charge in [-0.3, -0.25) is 4.79 Å². The van der Waals surface area contributed by atoms with Crippen LogP contribution in [0, 0.1) is 5.92 Å². The fourth-order valence-corrected chi connectivity index (χ4v) is 4.03. The number of Topliss-reactive ketones (excluding diaryl/α,β-unsaturated/α-hetero) is 1. The SMILES string of the molecule is CCc1ccc(CC(=O)C2CCSC2)s1. The van der Waals surface area contributed by atoms with Gasteiger partial charge < -0.3 is 0 Å². The molecule has 0 N–H and O–H groups in total. The molecule has 1 saturated heterocycles. The quantitative estimate of drug-likeness (QED) is 0.804. The summed E-state index contributed by atoms with van der Waals surface area (Å²) in [5.74, 6) is 3.00. The first kappa shape index (κ1) is 11.2. The molecule has 1 aliphatic rings. The number of aryl methyl sites for hydroxylation is 1. The molecule has 1 fully saturated rings. The second kappa shape index (κ2) is 5.17. The van der Waals surface area contributed by atoms with Crippen LogP contribution < -0.4 is 0 Å². The van der Waals surface area contributed by atoms with E-state index in [4.69, 9.17) is 0 Å². The highest BCUT2D eigenvalue weighted by molar-refractivity contribution is 7.99. The van der Waals surface area contributed by atoms with Gasteiger partial charge in [-0.2, -0.15) is 11.8 Å².